The van der Waals surface area contributed by atoms with Crippen LogP contribution in [0.1, 0.15) is 70.6 Å². The van der Waals surface area contributed by atoms with Crippen LogP contribution in [0.5, 0.6) is 0 Å². The van der Waals surface area contributed by atoms with Crippen LogP contribution in [-0.4, -0.2) is 59.8 Å². The third-order valence-corrected chi connectivity index (χ3v) is 6.43. The molecule has 128 valence electrons. The summed E-state index contributed by atoms with van der Waals surface area (Å²) in [6.07, 6.45) is 15.4. The molecule has 3 rings (SSSR count). The summed E-state index contributed by atoms with van der Waals surface area (Å²) >= 11 is 0. The maximum absolute atomic E-state index is 9.44. The van der Waals surface area contributed by atoms with Gasteiger partial charge in [-0.05, 0) is 44.6 Å². The molecule has 1 heterocycles. The van der Waals surface area contributed by atoms with E-state index in [0.717, 1.165) is 18.4 Å². The number of hydrogen-bond acceptors (Lipinski definition) is 3. The highest BCUT2D eigenvalue weighted by atomic mass is 16.3. The summed E-state index contributed by atoms with van der Waals surface area (Å²) in [7, 11) is 0. The van der Waals surface area contributed by atoms with Gasteiger partial charge in [-0.3, -0.25) is 4.90 Å². The molecular weight excluding hydrogens is 272 g/mol. The maximum Gasteiger partial charge on any atom is 0.0446 e. The average Bonchev–Trinajstić information content (AvgIpc) is 3.21. The predicted octanol–water partition coefficient (Wildman–Crippen LogP) is 3.27. The summed E-state index contributed by atoms with van der Waals surface area (Å²) in [6, 6.07) is 1.42. The lowest BCUT2D eigenvalue weighted by Crippen LogP contribution is -2.56. The minimum absolute atomic E-state index is 0.351. The fraction of sp³-hybridized carbons (Fsp3) is 1.00. The van der Waals surface area contributed by atoms with E-state index in [4.69, 9.17) is 0 Å². The summed E-state index contributed by atoms with van der Waals surface area (Å²) in [5, 5.41) is 9.44. The molecule has 3 fully saturated rings. The van der Waals surface area contributed by atoms with Crippen molar-refractivity contribution in [1.82, 2.24) is 9.80 Å². The zero-order valence-corrected chi connectivity index (χ0v) is 14.4. The molecule has 0 aromatic carbocycles. The average molecular weight is 309 g/mol. The first-order valence-electron chi connectivity index (χ1n) is 9.96. The van der Waals surface area contributed by atoms with Crippen molar-refractivity contribution in [3.05, 3.63) is 0 Å². The minimum atomic E-state index is 0.351. The van der Waals surface area contributed by atoms with Crippen LogP contribution in [0.15, 0.2) is 0 Å². The summed E-state index contributed by atoms with van der Waals surface area (Å²) in [5.74, 6) is 1.04. The number of piperazine rings is 1. The maximum atomic E-state index is 9.44. The lowest BCUT2D eigenvalue weighted by molar-refractivity contribution is 0.0290. The van der Waals surface area contributed by atoms with Gasteiger partial charge in [-0.25, -0.2) is 0 Å². The molecule has 3 aliphatic rings. The van der Waals surface area contributed by atoms with E-state index in [-0.39, 0.29) is 0 Å². The van der Waals surface area contributed by atoms with Gasteiger partial charge in [0, 0.05) is 38.3 Å². The zero-order chi connectivity index (χ0) is 15.2. The van der Waals surface area contributed by atoms with E-state index in [0.29, 0.717) is 12.6 Å². The number of aliphatic hydroxyl groups is 1. The van der Waals surface area contributed by atoms with Crippen LogP contribution in [0.4, 0.5) is 0 Å². The van der Waals surface area contributed by atoms with Crippen molar-refractivity contribution in [2.24, 2.45) is 5.92 Å². The molecule has 0 spiro atoms. The summed E-state index contributed by atoms with van der Waals surface area (Å²) in [4.78, 5) is 5.43. The highest BCUT2D eigenvalue weighted by molar-refractivity contribution is 4.88. The molecule has 1 unspecified atom stereocenters. The van der Waals surface area contributed by atoms with Crippen LogP contribution in [0.25, 0.3) is 0 Å². The van der Waals surface area contributed by atoms with E-state index in [9.17, 15) is 5.11 Å². The van der Waals surface area contributed by atoms with E-state index >= 15 is 0 Å². The molecule has 0 amide bonds. The second-order valence-electron chi connectivity index (χ2n) is 7.94. The first kappa shape index (κ1) is 16.7. The van der Waals surface area contributed by atoms with Crippen molar-refractivity contribution in [3.63, 3.8) is 0 Å². The Hall–Kier alpha value is -0.120. The van der Waals surface area contributed by atoms with E-state index < -0.39 is 0 Å². The first-order valence-corrected chi connectivity index (χ1v) is 9.96. The molecule has 1 saturated heterocycles. The molecule has 3 nitrogen and oxygen atoms in total. The summed E-state index contributed by atoms with van der Waals surface area (Å²) < 4.78 is 0. The third-order valence-electron chi connectivity index (χ3n) is 6.43. The Labute approximate surface area is 137 Å². The first-order chi connectivity index (χ1) is 10.9. The number of aliphatic hydroxyl groups excluding tert-OH is 1. The van der Waals surface area contributed by atoms with Gasteiger partial charge in [-0.15, -0.1) is 0 Å². The SMILES string of the molecule is OCCC1CN(CCCC2CCCC2)CCN1C1CCCC1. The highest BCUT2D eigenvalue weighted by Crippen LogP contribution is 2.30. The smallest absolute Gasteiger partial charge is 0.0446 e. The number of hydrogen-bond donors (Lipinski definition) is 1. The van der Waals surface area contributed by atoms with Crippen molar-refractivity contribution in [2.45, 2.75) is 82.7 Å². The molecular formula is C19H36N2O. The Kier molecular flexibility index (Phi) is 6.58. The lowest BCUT2D eigenvalue weighted by Gasteiger charge is -2.44. The van der Waals surface area contributed by atoms with Crippen LogP contribution in [0.3, 0.4) is 0 Å². The molecule has 1 atom stereocenters. The van der Waals surface area contributed by atoms with E-state index in [1.165, 1.54) is 90.4 Å². The normalized spacial score (nSPS) is 29.6. The molecule has 2 aliphatic carbocycles. The molecule has 0 radical (unpaired) electrons. The van der Waals surface area contributed by atoms with Gasteiger partial charge in [0.05, 0.1) is 0 Å². The van der Waals surface area contributed by atoms with Crippen molar-refractivity contribution < 1.29 is 5.11 Å². The summed E-state index contributed by atoms with van der Waals surface area (Å²) in [6.45, 7) is 5.32. The molecule has 22 heavy (non-hydrogen) atoms. The van der Waals surface area contributed by atoms with Crippen LogP contribution in [0, 0.1) is 5.92 Å². The Balaban J connectivity index is 1.42. The van der Waals surface area contributed by atoms with E-state index in [2.05, 4.69) is 9.80 Å². The van der Waals surface area contributed by atoms with Crippen LogP contribution in [-0.2, 0) is 0 Å². The Bertz CT molecular complexity index is 309. The molecule has 0 bridgehead atoms. The second kappa shape index (κ2) is 8.65. The fourth-order valence-corrected chi connectivity index (χ4v) is 5.16. The third kappa shape index (κ3) is 4.46. The van der Waals surface area contributed by atoms with Gasteiger partial charge in [-0.2, -0.15) is 0 Å². The van der Waals surface area contributed by atoms with Gasteiger partial charge in [0.25, 0.3) is 0 Å². The van der Waals surface area contributed by atoms with Gasteiger partial charge in [0.1, 0.15) is 0 Å². The standard InChI is InChI=1S/C19H36N2O/c22-15-11-19-16-20(12-5-8-17-6-1-2-7-17)13-14-21(19)18-9-3-4-10-18/h17-19,22H,1-16H2. The van der Waals surface area contributed by atoms with Crippen LogP contribution >= 0.6 is 0 Å². The fourth-order valence-electron chi connectivity index (χ4n) is 5.16. The molecule has 1 N–H and O–H groups in total. The van der Waals surface area contributed by atoms with E-state index in [1.807, 2.05) is 0 Å². The minimum Gasteiger partial charge on any atom is -0.396 e. The Morgan fingerprint density at radius 1 is 0.864 bits per heavy atom. The second-order valence-corrected chi connectivity index (χ2v) is 7.94. The Morgan fingerprint density at radius 2 is 1.59 bits per heavy atom. The Morgan fingerprint density at radius 3 is 2.32 bits per heavy atom. The van der Waals surface area contributed by atoms with Crippen LogP contribution in [0.2, 0.25) is 0 Å². The predicted molar refractivity (Wildman–Crippen MR) is 92.1 cm³/mol. The van der Waals surface area contributed by atoms with Crippen molar-refractivity contribution in [3.8, 4) is 0 Å². The highest BCUT2D eigenvalue weighted by Gasteiger charge is 2.32. The monoisotopic (exact) mass is 308 g/mol. The van der Waals surface area contributed by atoms with Gasteiger partial charge >= 0.3 is 0 Å². The lowest BCUT2D eigenvalue weighted by atomic mass is 10.0. The molecule has 0 aromatic heterocycles. The molecule has 1 aliphatic heterocycles. The zero-order valence-electron chi connectivity index (χ0n) is 14.4. The number of nitrogens with zero attached hydrogens (tertiary/aromatic N) is 2. The topological polar surface area (TPSA) is 26.7 Å². The largest absolute Gasteiger partial charge is 0.396 e. The van der Waals surface area contributed by atoms with Gasteiger partial charge < -0.3 is 10.0 Å². The molecule has 0 aromatic rings. The van der Waals surface area contributed by atoms with Gasteiger partial charge in [0.15, 0.2) is 0 Å². The van der Waals surface area contributed by atoms with Crippen LogP contribution < -0.4 is 0 Å². The summed E-state index contributed by atoms with van der Waals surface area (Å²) in [5.41, 5.74) is 0. The van der Waals surface area contributed by atoms with E-state index in [1.54, 1.807) is 0 Å². The van der Waals surface area contributed by atoms with Crippen molar-refractivity contribution >= 4 is 0 Å². The molecule has 2 saturated carbocycles. The van der Waals surface area contributed by atoms with Crippen molar-refractivity contribution in [2.75, 3.05) is 32.8 Å². The molecule has 3 heteroatoms. The van der Waals surface area contributed by atoms with Gasteiger partial charge in [-0.1, -0.05) is 38.5 Å². The quantitative estimate of drug-likeness (QED) is 0.782. The van der Waals surface area contributed by atoms with Gasteiger partial charge in [0.2, 0.25) is 0 Å². The number of rotatable bonds is 7. The van der Waals surface area contributed by atoms with Crippen molar-refractivity contribution in [1.29, 1.82) is 0 Å².